The Morgan fingerprint density at radius 3 is 2.64 bits per heavy atom. The van der Waals surface area contributed by atoms with Gasteiger partial charge in [0, 0.05) is 24.8 Å². The Bertz CT molecular complexity index is 316. The van der Waals surface area contributed by atoms with Crippen LogP contribution in [0, 0.1) is 17.8 Å². The average molecular weight is 192 g/mol. The normalized spacial score (nSPS) is 20.6. The van der Waals surface area contributed by atoms with Gasteiger partial charge in [0.05, 0.1) is 7.11 Å². The summed E-state index contributed by atoms with van der Waals surface area (Å²) in [6.45, 7) is 4.13. The van der Waals surface area contributed by atoms with E-state index >= 15 is 0 Å². The summed E-state index contributed by atoms with van der Waals surface area (Å²) in [5.74, 6) is 3.40. The lowest BCUT2D eigenvalue weighted by atomic mass is 9.76. The molecule has 0 atom stereocenters. The fraction of sp³-hybridized carbons (Fsp3) is 0.583. The maximum atomic E-state index is 11.7. The minimum absolute atomic E-state index is 0.000521. The van der Waals surface area contributed by atoms with Gasteiger partial charge in [-0.15, -0.1) is 12.3 Å². The van der Waals surface area contributed by atoms with Crippen molar-refractivity contribution < 1.29 is 9.53 Å². The molecule has 0 saturated carbocycles. The van der Waals surface area contributed by atoms with E-state index in [4.69, 9.17) is 11.2 Å². The monoisotopic (exact) mass is 192 g/mol. The van der Waals surface area contributed by atoms with Gasteiger partial charge in [-0.1, -0.05) is 13.8 Å². The molecule has 0 spiro atoms. The summed E-state index contributed by atoms with van der Waals surface area (Å²) in [6.07, 6.45) is 6.97. The van der Waals surface area contributed by atoms with Gasteiger partial charge >= 0.3 is 0 Å². The van der Waals surface area contributed by atoms with Crippen molar-refractivity contribution in [1.82, 2.24) is 0 Å². The molecular formula is C12H16O2. The summed E-state index contributed by atoms with van der Waals surface area (Å²) >= 11 is 0. The molecule has 0 N–H and O–H groups in total. The fourth-order valence-electron chi connectivity index (χ4n) is 1.80. The number of ketones is 1. The predicted octanol–water partition coefficient (Wildman–Crippen LogP) is 2.30. The molecule has 2 nitrogen and oxygen atoms in total. The van der Waals surface area contributed by atoms with E-state index in [2.05, 4.69) is 19.8 Å². The first-order valence-electron chi connectivity index (χ1n) is 4.73. The Hall–Kier alpha value is -1.23. The number of hydrogen-bond acceptors (Lipinski definition) is 2. The molecule has 1 aliphatic carbocycles. The van der Waals surface area contributed by atoms with Crippen LogP contribution in [0.2, 0.25) is 0 Å². The van der Waals surface area contributed by atoms with Gasteiger partial charge in [0.25, 0.3) is 0 Å². The summed E-state index contributed by atoms with van der Waals surface area (Å²) in [4.78, 5) is 11.7. The van der Waals surface area contributed by atoms with Gasteiger partial charge in [-0.3, -0.25) is 4.79 Å². The van der Waals surface area contributed by atoms with Crippen LogP contribution in [-0.4, -0.2) is 12.9 Å². The molecule has 0 radical (unpaired) electrons. The van der Waals surface area contributed by atoms with E-state index in [0.29, 0.717) is 18.4 Å². The van der Waals surface area contributed by atoms with Crippen LogP contribution in [-0.2, 0) is 9.53 Å². The highest BCUT2D eigenvalue weighted by Crippen LogP contribution is 2.37. The lowest BCUT2D eigenvalue weighted by Gasteiger charge is -2.30. The first-order valence-corrected chi connectivity index (χ1v) is 4.73. The van der Waals surface area contributed by atoms with Crippen LogP contribution in [0.5, 0.6) is 0 Å². The molecule has 0 unspecified atom stereocenters. The second kappa shape index (κ2) is 3.88. The number of hydrogen-bond donors (Lipinski definition) is 0. The SMILES string of the molecule is C#CCC1=C(OC)CC(C)(C)CC1=O. The molecule has 1 rings (SSSR count). The van der Waals surface area contributed by atoms with Gasteiger partial charge in [-0.25, -0.2) is 0 Å². The van der Waals surface area contributed by atoms with Crippen LogP contribution in [0.3, 0.4) is 0 Å². The number of carbonyl (C=O) groups excluding carboxylic acids is 1. The molecule has 2 heteroatoms. The van der Waals surface area contributed by atoms with Gasteiger partial charge < -0.3 is 4.74 Å². The fourth-order valence-corrected chi connectivity index (χ4v) is 1.80. The largest absolute Gasteiger partial charge is 0.501 e. The molecule has 0 bridgehead atoms. The Labute approximate surface area is 85.3 Å². The molecule has 0 fully saturated rings. The molecule has 0 saturated heterocycles. The van der Waals surface area contributed by atoms with Crippen molar-refractivity contribution in [3.63, 3.8) is 0 Å². The van der Waals surface area contributed by atoms with Crippen LogP contribution < -0.4 is 0 Å². The van der Waals surface area contributed by atoms with Crippen molar-refractivity contribution >= 4 is 5.78 Å². The number of rotatable bonds is 2. The maximum Gasteiger partial charge on any atom is 0.163 e. The first kappa shape index (κ1) is 10.8. The highest BCUT2D eigenvalue weighted by molar-refractivity contribution is 5.97. The molecule has 0 aromatic carbocycles. The van der Waals surface area contributed by atoms with Gasteiger partial charge in [-0.05, 0) is 5.41 Å². The predicted molar refractivity (Wildman–Crippen MR) is 55.5 cm³/mol. The summed E-state index contributed by atoms with van der Waals surface area (Å²) in [5.41, 5.74) is 0.690. The van der Waals surface area contributed by atoms with E-state index in [1.807, 2.05) is 0 Å². The molecule has 76 valence electrons. The zero-order valence-electron chi connectivity index (χ0n) is 9.02. The lowest BCUT2D eigenvalue weighted by Crippen LogP contribution is -2.26. The third-order valence-corrected chi connectivity index (χ3v) is 2.48. The van der Waals surface area contributed by atoms with E-state index in [1.54, 1.807) is 7.11 Å². The number of allylic oxidation sites excluding steroid dienone is 2. The van der Waals surface area contributed by atoms with Gasteiger partial charge in [0.1, 0.15) is 5.76 Å². The standard InChI is InChI=1S/C12H16O2/c1-5-6-9-10(13)7-12(2,3)8-11(9)14-4/h1H,6-8H2,2-4H3. The quantitative estimate of drug-likeness (QED) is 0.627. The summed E-state index contributed by atoms with van der Waals surface area (Å²) in [6, 6.07) is 0. The lowest BCUT2D eigenvalue weighted by molar-refractivity contribution is -0.118. The Balaban J connectivity index is 3.02. The maximum absolute atomic E-state index is 11.7. The van der Waals surface area contributed by atoms with Crippen LogP contribution in [0.4, 0.5) is 0 Å². The summed E-state index contributed by atoms with van der Waals surface area (Å²) in [5, 5.41) is 0. The number of methoxy groups -OCH3 is 1. The highest BCUT2D eigenvalue weighted by Gasteiger charge is 2.32. The molecule has 0 aromatic rings. The van der Waals surface area contributed by atoms with E-state index in [-0.39, 0.29) is 11.2 Å². The number of carbonyl (C=O) groups is 1. The van der Waals surface area contributed by atoms with Crippen LogP contribution in [0.1, 0.15) is 33.1 Å². The van der Waals surface area contributed by atoms with E-state index in [9.17, 15) is 4.79 Å². The zero-order valence-corrected chi connectivity index (χ0v) is 9.02. The van der Waals surface area contributed by atoms with Gasteiger partial charge in [0.2, 0.25) is 0 Å². The van der Waals surface area contributed by atoms with Crippen LogP contribution in [0.15, 0.2) is 11.3 Å². The molecule has 1 aliphatic rings. The Morgan fingerprint density at radius 2 is 2.14 bits per heavy atom. The van der Waals surface area contributed by atoms with Crippen molar-refractivity contribution in [2.24, 2.45) is 5.41 Å². The smallest absolute Gasteiger partial charge is 0.163 e. The van der Waals surface area contributed by atoms with E-state index < -0.39 is 0 Å². The van der Waals surface area contributed by atoms with Crippen molar-refractivity contribution in [1.29, 1.82) is 0 Å². The van der Waals surface area contributed by atoms with Crippen LogP contribution >= 0.6 is 0 Å². The molecule has 14 heavy (non-hydrogen) atoms. The van der Waals surface area contributed by atoms with Crippen molar-refractivity contribution in [2.75, 3.05) is 7.11 Å². The molecule has 0 amide bonds. The molecular weight excluding hydrogens is 176 g/mol. The van der Waals surface area contributed by atoms with Crippen LogP contribution in [0.25, 0.3) is 0 Å². The van der Waals surface area contributed by atoms with Crippen molar-refractivity contribution in [2.45, 2.75) is 33.1 Å². The first-order chi connectivity index (χ1) is 6.50. The van der Waals surface area contributed by atoms with E-state index in [0.717, 1.165) is 12.2 Å². The third kappa shape index (κ3) is 2.17. The zero-order chi connectivity index (χ0) is 10.8. The average Bonchev–Trinajstić information content (AvgIpc) is 2.08. The number of Topliss-reactive ketones (excluding diaryl/α,β-unsaturated/α-hetero) is 1. The summed E-state index contributed by atoms with van der Waals surface area (Å²) in [7, 11) is 1.60. The van der Waals surface area contributed by atoms with E-state index in [1.165, 1.54) is 0 Å². The topological polar surface area (TPSA) is 26.3 Å². The minimum atomic E-state index is 0.000521. The molecule has 0 aromatic heterocycles. The Morgan fingerprint density at radius 1 is 1.50 bits per heavy atom. The number of terminal acetylenes is 1. The Kier molecular flexibility index (Phi) is 3.00. The molecule has 0 heterocycles. The second-order valence-electron chi connectivity index (χ2n) is 4.43. The van der Waals surface area contributed by atoms with Crippen molar-refractivity contribution in [3.8, 4) is 12.3 Å². The second-order valence-corrected chi connectivity index (χ2v) is 4.43. The third-order valence-electron chi connectivity index (χ3n) is 2.48. The highest BCUT2D eigenvalue weighted by atomic mass is 16.5. The number of ether oxygens (including phenoxy) is 1. The van der Waals surface area contributed by atoms with Crippen molar-refractivity contribution in [3.05, 3.63) is 11.3 Å². The molecule has 0 aliphatic heterocycles. The summed E-state index contributed by atoms with van der Waals surface area (Å²) < 4.78 is 5.23. The van der Waals surface area contributed by atoms with Gasteiger partial charge in [-0.2, -0.15) is 0 Å². The van der Waals surface area contributed by atoms with Gasteiger partial charge in [0.15, 0.2) is 5.78 Å². The minimum Gasteiger partial charge on any atom is -0.501 e.